The minimum atomic E-state index is 1.17. The number of benzene rings is 6. The van der Waals surface area contributed by atoms with Crippen LogP contribution in [0.1, 0.15) is 22.3 Å². The lowest BCUT2D eigenvalue weighted by Crippen LogP contribution is -2.10. The van der Waals surface area contributed by atoms with Crippen molar-refractivity contribution in [2.75, 3.05) is 9.80 Å². The Balaban J connectivity index is 1.24. The predicted octanol–water partition coefficient (Wildman–Crippen LogP) is 13.4. The number of thiophene rings is 2. The van der Waals surface area contributed by atoms with Gasteiger partial charge in [0.25, 0.3) is 0 Å². The van der Waals surface area contributed by atoms with Gasteiger partial charge < -0.3 is 9.80 Å². The summed E-state index contributed by atoms with van der Waals surface area (Å²) in [5.74, 6) is 0. The maximum absolute atomic E-state index is 2.38. The van der Waals surface area contributed by atoms with Gasteiger partial charge in [0.2, 0.25) is 0 Å². The van der Waals surface area contributed by atoms with E-state index in [1.165, 1.54) is 86.0 Å². The Morgan fingerprint density at radius 2 is 0.652 bits per heavy atom. The molecule has 0 spiro atoms. The van der Waals surface area contributed by atoms with Gasteiger partial charge in [0.05, 0.1) is 9.40 Å². The Kier molecular flexibility index (Phi) is 7.12. The summed E-state index contributed by atoms with van der Waals surface area (Å²) >= 11 is 3.81. The lowest BCUT2D eigenvalue weighted by atomic mass is 10.1. The highest BCUT2D eigenvalue weighted by Gasteiger charge is 2.19. The third-order valence-corrected chi connectivity index (χ3v) is 11.1. The van der Waals surface area contributed by atoms with Gasteiger partial charge in [0, 0.05) is 54.3 Å². The molecule has 2 heterocycles. The summed E-state index contributed by atoms with van der Waals surface area (Å²) in [5.41, 5.74) is 12.1. The molecule has 0 atom stereocenters. The zero-order valence-electron chi connectivity index (χ0n) is 26.4. The molecule has 8 aromatic rings. The smallest absolute Gasteiger partial charge is 0.0542 e. The van der Waals surface area contributed by atoms with Crippen molar-refractivity contribution < 1.29 is 0 Å². The summed E-state index contributed by atoms with van der Waals surface area (Å²) in [6.07, 6.45) is 0. The van der Waals surface area contributed by atoms with Crippen LogP contribution in [0.5, 0.6) is 0 Å². The minimum absolute atomic E-state index is 1.17. The first-order valence-electron chi connectivity index (χ1n) is 15.7. The minimum Gasteiger partial charge on any atom is -0.310 e. The molecule has 0 bridgehead atoms. The van der Waals surface area contributed by atoms with E-state index in [1.807, 2.05) is 22.7 Å². The van der Waals surface area contributed by atoms with Crippen LogP contribution in [0.25, 0.3) is 29.6 Å². The van der Waals surface area contributed by atoms with Crippen LogP contribution in [0.3, 0.4) is 0 Å². The molecule has 8 rings (SSSR count). The molecule has 0 aliphatic carbocycles. The molecule has 2 nitrogen and oxygen atoms in total. The van der Waals surface area contributed by atoms with Crippen molar-refractivity contribution in [2.24, 2.45) is 0 Å². The normalized spacial score (nSPS) is 11.5. The Hall–Kier alpha value is -4.90. The van der Waals surface area contributed by atoms with Gasteiger partial charge in [-0.1, -0.05) is 60.7 Å². The number of fused-ring (bicyclic) bond motifs is 5. The fourth-order valence-corrected chi connectivity index (χ4v) is 9.19. The summed E-state index contributed by atoms with van der Waals surface area (Å²) in [6, 6.07) is 49.0. The maximum atomic E-state index is 2.38. The highest BCUT2D eigenvalue weighted by molar-refractivity contribution is 7.36. The third kappa shape index (κ3) is 5.14. The number of hydrogen-bond donors (Lipinski definition) is 0. The second kappa shape index (κ2) is 11.5. The largest absolute Gasteiger partial charge is 0.310 e. The standard InChI is InChI=1S/C42H34N2S2/c1-27-9-5-13-31(21-27)43(32-14-6-10-28(2)22-32)35-17-19-37-39(25-35)45-42-38-20-18-36(26-40(38)46-41(37)42)44(33-15-7-11-29(3)23-33)34-16-8-12-30(4)24-34/h5-26H,1-4H3. The number of rotatable bonds is 6. The van der Waals surface area contributed by atoms with E-state index in [0.717, 1.165) is 0 Å². The van der Waals surface area contributed by atoms with Crippen LogP contribution < -0.4 is 9.80 Å². The fraction of sp³-hybridized carbons (Fsp3) is 0.0952. The molecular formula is C42H34N2S2. The Labute approximate surface area is 278 Å². The van der Waals surface area contributed by atoms with Gasteiger partial charge in [-0.2, -0.15) is 0 Å². The van der Waals surface area contributed by atoms with Crippen molar-refractivity contribution in [3.8, 4) is 0 Å². The van der Waals surface area contributed by atoms with Crippen LogP contribution in [0, 0.1) is 27.7 Å². The monoisotopic (exact) mass is 630 g/mol. The number of anilines is 6. The molecule has 0 aliphatic heterocycles. The molecule has 0 unspecified atom stereocenters. The van der Waals surface area contributed by atoms with Crippen molar-refractivity contribution in [3.05, 3.63) is 156 Å². The first-order chi connectivity index (χ1) is 22.4. The molecule has 0 saturated carbocycles. The van der Waals surface area contributed by atoms with Gasteiger partial charge in [-0.25, -0.2) is 0 Å². The van der Waals surface area contributed by atoms with Gasteiger partial charge >= 0.3 is 0 Å². The van der Waals surface area contributed by atoms with Crippen molar-refractivity contribution >= 4 is 86.4 Å². The molecular weight excluding hydrogens is 597 g/mol. The highest BCUT2D eigenvalue weighted by Crippen LogP contribution is 2.48. The van der Waals surface area contributed by atoms with Crippen LogP contribution in [0.2, 0.25) is 0 Å². The van der Waals surface area contributed by atoms with E-state index in [4.69, 9.17) is 0 Å². The number of aryl methyl sites for hydroxylation is 4. The molecule has 0 aliphatic rings. The van der Waals surface area contributed by atoms with Crippen LogP contribution in [-0.4, -0.2) is 0 Å². The molecule has 4 heteroatoms. The van der Waals surface area contributed by atoms with Crippen molar-refractivity contribution in [3.63, 3.8) is 0 Å². The quantitative estimate of drug-likeness (QED) is 0.180. The lowest BCUT2D eigenvalue weighted by molar-refractivity contribution is 1.26. The molecule has 224 valence electrons. The average molecular weight is 631 g/mol. The van der Waals surface area contributed by atoms with Gasteiger partial charge in [-0.15, -0.1) is 22.7 Å². The van der Waals surface area contributed by atoms with E-state index in [0.29, 0.717) is 0 Å². The Morgan fingerprint density at radius 3 is 0.957 bits per heavy atom. The van der Waals surface area contributed by atoms with E-state index in [-0.39, 0.29) is 0 Å². The van der Waals surface area contributed by atoms with E-state index in [1.54, 1.807) is 0 Å². The predicted molar refractivity (Wildman–Crippen MR) is 203 cm³/mol. The lowest BCUT2D eigenvalue weighted by Gasteiger charge is -2.26. The van der Waals surface area contributed by atoms with Gasteiger partial charge in [0.1, 0.15) is 0 Å². The number of hydrogen-bond acceptors (Lipinski definition) is 4. The fourth-order valence-electron chi connectivity index (χ4n) is 6.47. The van der Waals surface area contributed by atoms with E-state index < -0.39 is 0 Å². The van der Waals surface area contributed by atoms with Gasteiger partial charge in [0.15, 0.2) is 0 Å². The third-order valence-electron chi connectivity index (χ3n) is 8.61. The van der Waals surface area contributed by atoms with Crippen molar-refractivity contribution in [2.45, 2.75) is 27.7 Å². The second-order valence-corrected chi connectivity index (χ2v) is 14.4. The number of nitrogens with zero attached hydrogens (tertiary/aromatic N) is 2. The van der Waals surface area contributed by atoms with E-state index in [9.17, 15) is 0 Å². The van der Waals surface area contributed by atoms with Crippen molar-refractivity contribution in [1.29, 1.82) is 0 Å². The molecule has 0 N–H and O–H groups in total. The Morgan fingerprint density at radius 1 is 0.348 bits per heavy atom. The summed E-state index contributed by atoms with van der Waals surface area (Å²) in [4.78, 5) is 4.76. The zero-order valence-corrected chi connectivity index (χ0v) is 28.0. The average Bonchev–Trinajstić information content (AvgIpc) is 3.57. The van der Waals surface area contributed by atoms with Crippen LogP contribution in [-0.2, 0) is 0 Å². The highest BCUT2D eigenvalue weighted by atomic mass is 32.1. The molecule has 0 radical (unpaired) electrons. The molecule has 2 aromatic heterocycles. The SMILES string of the molecule is Cc1cccc(N(c2cccc(C)c2)c2ccc3c(c2)sc2c4ccc(N(c5cccc(C)c5)c5cccc(C)c5)cc4sc32)c1. The zero-order chi connectivity index (χ0) is 31.4. The first-order valence-corrected chi connectivity index (χ1v) is 17.3. The first kappa shape index (κ1) is 28.6. The van der Waals surface area contributed by atoms with Gasteiger partial charge in [-0.05, 0) is 123 Å². The topological polar surface area (TPSA) is 6.48 Å². The van der Waals surface area contributed by atoms with Crippen LogP contribution >= 0.6 is 22.7 Å². The maximum Gasteiger partial charge on any atom is 0.0542 e. The molecule has 46 heavy (non-hydrogen) atoms. The summed E-state index contributed by atoms with van der Waals surface area (Å²) in [6.45, 7) is 8.64. The van der Waals surface area contributed by atoms with E-state index in [2.05, 4.69) is 171 Å². The van der Waals surface area contributed by atoms with Crippen molar-refractivity contribution in [1.82, 2.24) is 0 Å². The summed E-state index contributed by atoms with van der Waals surface area (Å²) in [7, 11) is 0. The molecule has 0 fully saturated rings. The van der Waals surface area contributed by atoms with Gasteiger partial charge in [-0.3, -0.25) is 0 Å². The molecule has 0 saturated heterocycles. The second-order valence-electron chi connectivity index (χ2n) is 12.3. The Bertz CT molecular complexity index is 2140. The van der Waals surface area contributed by atoms with Crippen LogP contribution in [0.4, 0.5) is 34.1 Å². The molecule has 6 aromatic carbocycles. The summed E-state index contributed by atoms with van der Waals surface area (Å²) < 4.78 is 5.37. The molecule has 0 amide bonds. The van der Waals surface area contributed by atoms with E-state index >= 15 is 0 Å². The van der Waals surface area contributed by atoms with Crippen LogP contribution in [0.15, 0.2) is 133 Å². The summed E-state index contributed by atoms with van der Waals surface area (Å²) in [5, 5.41) is 2.66.